The van der Waals surface area contributed by atoms with E-state index < -0.39 is 0 Å². The van der Waals surface area contributed by atoms with Crippen LogP contribution < -0.4 is 5.73 Å². The smallest absolute Gasteiger partial charge is 0.137 e. The molecular formula is C12H9ClFNS. The Morgan fingerprint density at radius 1 is 1.06 bits per heavy atom. The van der Waals surface area contributed by atoms with Crippen molar-refractivity contribution in [2.75, 3.05) is 5.73 Å². The molecule has 0 atom stereocenters. The first-order valence-electron chi connectivity index (χ1n) is 4.64. The molecule has 0 aliphatic rings. The minimum absolute atomic E-state index is 0.248. The Labute approximate surface area is 102 Å². The van der Waals surface area contributed by atoms with Crippen LogP contribution in [-0.2, 0) is 0 Å². The largest absolute Gasteiger partial charge is 0.398 e. The van der Waals surface area contributed by atoms with E-state index in [-0.39, 0.29) is 5.82 Å². The topological polar surface area (TPSA) is 26.0 Å². The molecule has 0 fully saturated rings. The van der Waals surface area contributed by atoms with Crippen LogP contribution >= 0.6 is 23.4 Å². The molecule has 2 rings (SSSR count). The number of benzene rings is 2. The fourth-order valence-corrected chi connectivity index (χ4v) is 2.30. The Kier molecular flexibility index (Phi) is 3.36. The zero-order chi connectivity index (χ0) is 11.5. The molecule has 0 radical (unpaired) electrons. The number of halogens is 2. The van der Waals surface area contributed by atoms with Crippen LogP contribution in [0.1, 0.15) is 0 Å². The normalized spacial score (nSPS) is 10.4. The summed E-state index contributed by atoms with van der Waals surface area (Å²) in [6.07, 6.45) is 0. The van der Waals surface area contributed by atoms with Gasteiger partial charge in [-0.2, -0.15) is 0 Å². The van der Waals surface area contributed by atoms with Crippen molar-refractivity contribution >= 4 is 29.1 Å². The van der Waals surface area contributed by atoms with Crippen LogP contribution in [0.15, 0.2) is 52.3 Å². The van der Waals surface area contributed by atoms with Gasteiger partial charge in [0.2, 0.25) is 0 Å². The van der Waals surface area contributed by atoms with Gasteiger partial charge >= 0.3 is 0 Å². The molecule has 1 nitrogen and oxygen atoms in total. The van der Waals surface area contributed by atoms with E-state index in [9.17, 15) is 4.39 Å². The van der Waals surface area contributed by atoms with Crippen molar-refractivity contribution in [2.45, 2.75) is 9.79 Å². The summed E-state index contributed by atoms with van der Waals surface area (Å²) in [6.45, 7) is 0. The summed E-state index contributed by atoms with van der Waals surface area (Å²) >= 11 is 7.08. The quantitative estimate of drug-likeness (QED) is 0.812. The second kappa shape index (κ2) is 4.76. The lowest BCUT2D eigenvalue weighted by Crippen LogP contribution is -1.88. The van der Waals surface area contributed by atoms with Crippen LogP contribution in [0, 0.1) is 5.82 Å². The predicted octanol–water partition coefficient (Wildman–Crippen LogP) is 4.21. The summed E-state index contributed by atoms with van der Waals surface area (Å²) in [7, 11) is 0. The summed E-state index contributed by atoms with van der Waals surface area (Å²) in [5.41, 5.74) is 6.35. The van der Waals surface area contributed by atoms with Gasteiger partial charge in [-0.3, -0.25) is 0 Å². The number of nitrogens with two attached hydrogens (primary N) is 1. The van der Waals surface area contributed by atoms with Crippen LogP contribution in [-0.4, -0.2) is 0 Å². The van der Waals surface area contributed by atoms with E-state index in [1.54, 1.807) is 36.4 Å². The van der Waals surface area contributed by atoms with E-state index in [1.165, 1.54) is 17.8 Å². The number of hydrogen-bond donors (Lipinski definition) is 1. The highest BCUT2D eigenvalue weighted by Crippen LogP contribution is 2.34. The maximum absolute atomic E-state index is 13.4. The van der Waals surface area contributed by atoms with Crippen molar-refractivity contribution in [3.05, 3.63) is 53.3 Å². The first kappa shape index (κ1) is 11.3. The molecule has 16 heavy (non-hydrogen) atoms. The average Bonchev–Trinajstić information content (AvgIpc) is 2.25. The van der Waals surface area contributed by atoms with Gasteiger partial charge in [0.15, 0.2) is 0 Å². The molecule has 0 spiro atoms. The highest BCUT2D eigenvalue weighted by atomic mass is 35.5. The SMILES string of the molecule is Nc1cc(Cl)ccc1Sc1ccccc1F. The van der Waals surface area contributed by atoms with E-state index in [1.807, 2.05) is 0 Å². The van der Waals surface area contributed by atoms with E-state index in [4.69, 9.17) is 17.3 Å². The maximum atomic E-state index is 13.4. The van der Waals surface area contributed by atoms with E-state index in [0.29, 0.717) is 15.6 Å². The van der Waals surface area contributed by atoms with Gasteiger partial charge in [0.25, 0.3) is 0 Å². The van der Waals surface area contributed by atoms with Crippen LogP contribution in [0.5, 0.6) is 0 Å². The summed E-state index contributed by atoms with van der Waals surface area (Å²) in [5.74, 6) is -0.248. The average molecular weight is 254 g/mol. The van der Waals surface area contributed by atoms with Gasteiger partial charge in [-0.05, 0) is 30.3 Å². The van der Waals surface area contributed by atoms with Gasteiger partial charge in [0.1, 0.15) is 5.82 Å². The molecule has 4 heteroatoms. The summed E-state index contributed by atoms with van der Waals surface area (Å²) in [6, 6.07) is 11.8. The van der Waals surface area contributed by atoms with Crippen LogP contribution in [0.2, 0.25) is 5.02 Å². The second-order valence-electron chi connectivity index (χ2n) is 3.21. The van der Waals surface area contributed by atoms with Crippen LogP contribution in [0.25, 0.3) is 0 Å². The minimum Gasteiger partial charge on any atom is -0.398 e. The van der Waals surface area contributed by atoms with Crippen molar-refractivity contribution in [3.63, 3.8) is 0 Å². The van der Waals surface area contributed by atoms with Gasteiger partial charge in [-0.1, -0.05) is 35.5 Å². The fourth-order valence-electron chi connectivity index (χ4n) is 1.26. The molecule has 2 N–H and O–H groups in total. The lowest BCUT2D eigenvalue weighted by molar-refractivity contribution is 0.602. The molecule has 2 aromatic rings. The molecule has 0 amide bonds. The Morgan fingerprint density at radius 3 is 2.50 bits per heavy atom. The monoisotopic (exact) mass is 253 g/mol. The van der Waals surface area contributed by atoms with Gasteiger partial charge in [0, 0.05) is 20.5 Å². The first-order valence-corrected chi connectivity index (χ1v) is 5.83. The number of hydrogen-bond acceptors (Lipinski definition) is 2. The lowest BCUT2D eigenvalue weighted by Gasteiger charge is -2.06. The zero-order valence-electron chi connectivity index (χ0n) is 8.28. The molecule has 0 aliphatic carbocycles. The number of anilines is 1. The van der Waals surface area contributed by atoms with Gasteiger partial charge in [-0.25, -0.2) is 4.39 Å². The highest BCUT2D eigenvalue weighted by Gasteiger charge is 2.06. The summed E-state index contributed by atoms with van der Waals surface area (Å²) in [5, 5.41) is 0.579. The zero-order valence-corrected chi connectivity index (χ0v) is 9.86. The molecule has 82 valence electrons. The Morgan fingerprint density at radius 2 is 1.81 bits per heavy atom. The van der Waals surface area contributed by atoms with Gasteiger partial charge in [0.05, 0.1) is 0 Å². The van der Waals surface area contributed by atoms with Crippen LogP contribution in [0.4, 0.5) is 10.1 Å². The van der Waals surface area contributed by atoms with E-state index in [2.05, 4.69) is 0 Å². The predicted molar refractivity (Wildman–Crippen MR) is 66.4 cm³/mol. The fraction of sp³-hybridized carbons (Fsp3) is 0. The molecular weight excluding hydrogens is 245 g/mol. The Bertz CT molecular complexity index is 516. The molecule has 0 unspecified atom stereocenters. The third-order valence-electron chi connectivity index (χ3n) is 2.03. The van der Waals surface area contributed by atoms with E-state index >= 15 is 0 Å². The molecule has 0 aliphatic heterocycles. The molecule has 0 aromatic heterocycles. The molecule has 0 bridgehead atoms. The maximum Gasteiger partial charge on any atom is 0.137 e. The lowest BCUT2D eigenvalue weighted by atomic mass is 10.3. The standard InChI is InChI=1S/C12H9ClFNS/c13-8-5-6-12(10(15)7-8)16-11-4-2-1-3-9(11)14/h1-7H,15H2. The first-order chi connectivity index (χ1) is 7.66. The van der Waals surface area contributed by atoms with Gasteiger partial charge < -0.3 is 5.73 Å². The van der Waals surface area contributed by atoms with Crippen molar-refractivity contribution in [1.29, 1.82) is 0 Å². The molecule has 0 saturated heterocycles. The minimum atomic E-state index is -0.248. The van der Waals surface area contributed by atoms with Gasteiger partial charge in [-0.15, -0.1) is 0 Å². The molecule has 0 heterocycles. The molecule has 2 aromatic carbocycles. The molecule has 0 saturated carbocycles. The van der Waals surface area contributed by atoms with Crippen LogP contribution in [0.3, 0.4) is 0 Å². The van der Waals surface area contributed by atoms with Crippen molar-refractivity contribution in [2.24, 2.45) is 0 Å². The summed E-state index contributed by atoms with van der Waals surface area (Å²) < 4.78 is 13.4. The van der Waals surface area contributed by atoms with Crippen molar-refractivity contribution in [1.82, 2.24) is 0 Å². The Balaban J connectivity index is 2.31. The Hall–Kier alpha value is -1.19. The second-order valence-corrected chi connectivity index (χ2v) is 4.73. The number of nitrogen functional groups attached to an aromatic ring is 1. The third-order valence-corrected chi connectivity index (χ3v) is 3.41. The third kappa shape index (κ3) is 2.49. The highest BCUT2D eigenvalue weighted by molar-refractivity contribution is 7.99. The van der Waals surface area contributed by atoms with E-state index in [0.717, 1.165) is 4.90 Å². The van der Waals surface area contributed by atoms with Crippen molar-refractivity contribution in [3.8, 4) is 0 Å². The number of rotatable bonds is 2. The van der Waals surface area contributed by atoms with Crippen molar-refractivity contribution < 1.29 is 4.39 Å². The summed E-state index contributed by atoms with van der Waals surface area (Å²) in [4.78, 5) is 1.35.